The normalized spacial score (nSPS) is 25.8. The Labute approximate surface area is 141 Å². The number of nitrogens with one attached hydrogen (secondary N) is 1. The number of hydrogen-bond donors (Lipinski definition) is 1. The summed E-state index contributed by atoms with van der Waals surface area (Å²) in [4.78, 5) is 12.5. The lowest BCUT2D eigenvalue weighted by molar-refractivity contribution is -0.0817. The van der Waals surface area contributed by atoms with Crippen LogP contribution in [0.4, 0.5) is 0 Å². The van der Waals surface area contributed by atoms with Gasteiger partial charge in [-0.3, -0.25) is 4.99 Å². The summed E-state index contributed by atoms with van der Waals surface area (Å²) in [7, 11) is 1.83. The van der Waals surface area contributed by atoms with Crippen molar-refractivity contribution in [2.75, 3.05) is 33.4 Å². The molecular formula is C16H26N4O2S. The molecule has 0 aliphatic carbocycles. The minimum Gasteiger partial charge on any atom is -0.375 e. The second-order valence-electron chi connectivity index (χ2n) is 5.88. The van der Waals surface area contributed by atoms with E-state index in [1.165, 1.54) is 4.88 Å². The first kappa shape index (κ1) is 16.7. The molecule has 0 saturated carbocycles. The van der Waals surface area contributed by atoms with Crippen molar-refractivity contribution in [1.29, 1.82) is 0 Å². The van der Waals surface area contributed by atoms with Crippen molar-refractivity contribution in [3.05, 3.63) is 16.1 Å². The van der Waals surface area contributed by atoms with Crippen LogP contribution in [0.5, 0.6) is 0 Å². The van der Waals surface area contributed by atoms with Crippen LogP contribution in [-0.2, 0) is 22.4 Å². The van der Waals surface area contributed by atoms with E-state index in [4.69, 9.17) is 9.47 Å². The third-order valence-corrected chi connectivity index (χ3v) is 5.47. The van der Waals surface area contributed by atoms with Gasteiger partial charge in [0.05, 0.1) is 19.3 Å². The average molecular weight is 338 g/mol. The maximum Gasteiger partial charge on any atom is 0.194 e. The number of rotatable bonds is 4. The van der Waals surface area contributed by atoms with Gasteiger partial charge in [0.15, 0.2) is 5.96 Å². The molecule has 1 aromatic rings. The van der Waals surface area contributed by atoms with E-state index in [2.05, 4.69) is 27.1 Å². The number of thiazole rings is 1. The number of guanidine groups is 1. The molecule has 23 heavy (non-hydrogen) atoms. The lowest BCUT2D eigenvalue weighted by Crippen LogP contribution is -2.53. The largest absolute Gasteiger partial charge is 0.375 e. The molecule has 1 aromatic heterocycles. The van der Waals surface area contributed by atoms with Crippen LogP contribution in [0.25, 0.3) is 0 Å². The van der Waals surface area contributed by atoms with Crippen molar-refractivity contribution in [1.82, 2.24) is 15.2 Å². The summed E-state index contributed by atoms with van der Waals surface area (Å²) in [5, 5.41) is 4.54. The summed E-state index contributed by atoms with van der Waals surface area (Å²) in [5.41, 5.74) is 0. The topological polar surface area (TPSA) is 59.0 Å². The van der Waals surface area contributed by atoms with E-state index in [1.54, 1.807) is 11.3 Å². The molecule has 6 nitrogen and oxygen atoms in total. The van der Waals surface area contributed by atoms with E-state index >= 15 is 0 Å². The van der Waals surface area contributed by atoms with Gasteiger partial charge in [0.2, 0.25) is 0 Å². The van der Waals surface area contributed by atoms with Gasteiger partial charge in [-0.1, -0.05) is 6.92 Å². The third-order valence-electron chi connectivity index (χ3n) is 4.33. The van der Waals surface area contributed by atoms with Gasteiger partial charge in [-0.15, -0.1) is 11.3 Å². The van der Waals surface area contributed by atoms with Gasteiger partial charge in [-0.25, -0.2) is 4.98 Å². The number of nitrogens with zero attached hydrogens (tertiary/aromatic N) is 3. The Morgan fingerprint density at radius 3 is 3.00 bits per heavy atom. The standard InChI is InChI=1S/C16H26N4O2S/c1-3-12-9-18-15(23-12)10-19-16(17-2)20-6-8-22-14(11-20)13-5-4-7-21-13/h9,13-14H,3-8,10-11H2,1-2H3,(H,17,19). The zero-order valence-corrected chi connectivity index (χ0v) is 14.8. The smallest absolute Gasteiger partial charge is 0.194 e. The monoisotopic (exact) mass is 338 g/mol. The summed E-state index contributed by atoms with van der Waals surface area (Å²) in [6, 6.07) is 0. The van der Waals surface area contributed by atoms with Crippen molar-refractivity contribution in [2.45, 2.75) is 44.9 Å². The molecule has 2 aliphatic heterocycles. The molecule has 0 bridgehead atoms. The molecule has 2 aliphatic rings. The number of morpholine rings is 1. The summed E-state index contributed by atoms with van der Waals surface area (Å²) >= 11 is 1.76. The minimum atomic E-state index is 0.149. The summed E-state index contributed by atoms with van der Waals surface area (Å²) < 4.78 is 11.7. The Morgan fingerprint density at radius 2 is 2.30 bits per heavy atom. The van der Waals surface area contributed by atoms with Crippen molar-refractivity contribution in [2.24, 2.45) is 4.99 Å². The molecule has 2 atom stereocenters. The first-order valence-electron chi connectivity index (χ1n) is 8.42. The van der Waals surface area contributed by atoms with Crippen LogP contribution < -0.4 is 5.32 Å². The van der Waals surface area contributed by atoms with Gasteiger partial charge in [-0.05, 0) is 19.3 Å². The van der Waals surface area contributed by atoms with E-state index in [9.17, 15) is 0 Å². The van der Waals surface area contributed by atoms with Crippen LogP contribution in [0.3, 0.4) is 0 Å². The van der Waals surface area contributed by atoms with Gasteiger partial charge in [0.1, 0.15) is 11.1 Å². The van der Waals surface area contributed by atoms with Crippen molar-refractivity contribution >= 4 is 17.3 Å². The zero-order valence-electron chi connectivity index (χ0n) is 14.0. The number of aromatic nitrogens is 1. The van der Waals surface area contributed by atoms with Gasteiger partial charge in [-0.2, -0.15) is 0 Å². The molecule has 3 rings (SSSR count). The van der Waals surface area contributed by atoms with E-state index in [1.807, 2.05) is 13.2 Å². The molecular weight excluding hydrogens is 312 g/mol. The Kier molecular flexibility index (Phi) is 5.85. The highest BCUT2D eigenvalue weighted by Gasteiger charge is 2.32. The molecule has 3 heterocycles. The fourth-order valence-electron chi connectivity index (χ4n) is 3.07. The van der Waals surface area contributed by atoms with E-state index in [0.29, 0.717) is 0 Å². The maximum atomic E-state index is 5.91. The Hall–Kier alpha value is -1.18. The fraction of sp³-hybridized carbons (Fsp3) is 0.750. The summed E-state index contributed by atoms with van der Waals surface area (Å²) in [5.74, 6) is 0.921. The van der Waals surface area contributed by atoms with Crippen molar-refractivity contribution in [3.63, 3.8) is 0 Å². The molecule has 2 unspecified atom stereocenters. The molecule has 2 saturated heterocycles. The first-order valence-corrected chi connectivity index (χ1v) is 9.24. The molecule has 0 aromatic carbocycles. The van der Waals surface area contributed by atoms with Crippen LogP contribution in [0.15, 0.2) is 11.2 Å². The molecule has 128 valence electrons. The molecule has 2 fully saturated rings. The minimum absolute atomic E-state index is 0.149. The second kappa shape index (κ2) is 8.08. The number of aryl methyl sites for hydroxylation is 1. The quantitative estimate of drug-likeness (QED) is 0.668. The Balaban J connectivity index is 1.54. The highest BCUT2D eigenvalue weighted by Crippen LogP contribution is 2.21. The fourth-order valence-corrected chi connectivity index (χ4v) is 3.87. The van der Waals surface area contributed by atoms with Gasteiger partial charge in [0.25, 0.3) is 0 Å². The molecule has 0 radical (unpaired) electrons. The van der Waals surface area contributed by atoms with Gasteiger partial charge in [0, 0.05) is 37.8 Å². The number of hydrogen-bond acceptors (Lipinski definition) is 5. The van der Waals surface area contributed by atoms with Crippen LogP contribution in [0.2, 0.25) is 0 Å². The average Bonchev–Trinajstić information content (AvgIpc) is 3.27. The molecule has 0 amide bonds. The van der Waals surface area contributed by atoms with Crippen molar-refractivity contribution in [3.8, 4) is 0 Å². The lowest BCUT2D eigenvalue weighted by Gasteiger charge is -2.37. The van der Waals surface area contributed by atoms with Crippen molar-refractivity contribution < 1.29 is 9.47 Å². The maximum absolute atomic E-state index is 5.91. The first-order chi connectivity index (χ1) is 11.3. The molecule has 0 spiro atoms. The molecule has 1 N–H and O–H groups in total. The van der Waals surface area contributed by atoms with E-state index in [0.717, 1.165) is 63.1 Å². The van der Waals surface area contributed by atoms with E-state index in [-0.39, 0.29) is 12.2 Å². The Morgan fingerprint density at radius 1 is 1.43 bits per heavy atom. The number of ether oxygens (including phenoxy) is 2. The summed E-state index contributed by atoms with van der Waals surface area (Å²) in [6.07, 6.45) is 5.63. The Bertz CT molecular complexity index is 528. The zero-order chi connectivity index (χ0) is 16.1. The van der Waals surface area contributed by atoms with Crippen LogP contribution in [-0.4, -0.2) is 61.4 Å². The van der Waals surface area contributed by atoms with Crippen LogP contribution >= 0.6 is 11.3 Å². The SMILES string of the molecule is CCc1cnc(CNC(=NC)N2CCOC(C3CCCO3)C2)s1. The summed E-state index contributed by atoms with van der Waals surface area (Å²) in [6.45, 7) is 6.16. The lowest BCUT2D eigenvalue weighted by atomic mass is 10.1. The second-order valence-corrected chi connectivity index (χ2v) is 7.08. The highest BCUT2D eigenvalue weighted by atomic mass is 32.1. The van der Waals surface area contributed by atoms with Gasteiger partial charge < -0.3 is 19.7 Å². The van der Waals surface area contributed by atoms with Gasteiger partial charge >= 0.3 is 0 Å². The van der Waals surface area contributed by atoms with E-state index < -0.39 is 0 Å². The molecule has 7 heteroatoms. The van der Waals surface area contributed by atoms with Crippen LogP contribution in [0, 0.1) is 0 Å². The predicted octanol–water partition coefficient (Wildman–Crippen LogP) is 1.66. The third kappa shape index (κ3) is 4.22. The number of aliphatic imine (C=N–C) groups is 1. The predicted molar refractivity (Wildman–Crippen MR) is 92.0 cm³/mol. The highest BCUT2D eigenvalue weighted by molar-refractivity contribution is 7.11. The van der Waals surface area contributed by atoms with Crippen LogP contribution in [0.1, 0.15) is 29.7 Å².